The molecule has 0 spiro atoms. The highest BCUT2D eigenvalue weighted by atomic mass is 35.5. The number of fused-ring (bicyclic) bond motifs is 1. The quantitative estimate of drug-likeness (QED) is 0.479. The summed E-state index contributed by atoms with van der Waals surface area (Å²) in [6.45, 7) is 0.521. The number of hydrogen-bond acceptors (Lipinski definition) is 3. The summed E-state index contributed by atoms with van der Waals surface area (Å²) in [5.41, 5.74) is 3.22. The fourth-order valence-corrected chi connectivity index (χ4v) is 4.72. The zero-order valence-corrected chi connectivity index (χ0v) is 18.8. The van der Waals surface area contributed by atoms with Crippen molar-refractivity contribution in [2.45, 2.75) is 11.4 Å². The van der Waals surface area contributed by atoms with Crippen LogP contribution in [-0.4, -0.2) is 30.8 Å². The van der Waals surface area contributed by atoms with E-state index in [0.29, 0.717) is 22.0 Å². The summed E-state index contributed by atoms with van der Waals surface area (Å²) in [5, 5.41) is 0.624. The summed E-state index contributed by atoms with van der Waals surface area (Å²) in [7, 11) is 3.51. The molecule has 0 N–H and O–H groups in total. The average Bonchev–Trinajstić information content (AvgIpc) is 2.77. The lowest BCUT2D eigenvalue weighted by Crippen LogP contribution is -2.31. The molecule has 1 aliphatic heterocycles. The maximum absolute atomic E-state index is 13.0. The molecule has 0 saturated carbocycles. The van der Waals surface area contributed by atoms with Gasteiger partial charge in [-0.05, 0) is 47.5 Å². The van der Waals surface area contributed by atoms with E-state index in [2.05, 4.69) is 0 Å². The maximum atomic E-state index is 13.0. The molecule has 0 atom stereocenters. The minimum Gasteiger partial charge on any atom is -0.337 e. The number of rotatable bonds is 4. The van der Waals surface area contributed by atoms with Crippen LogP contribution >= 0.6 is 23.4 Å². The highest BCUT2D eigenvalue weighted by molar-refractivity contribution is 8.04. The molecule has 0 fully saturated rings. The molecule has 4 rings (SSSR count). The fraction of sp³-hybridized carbons (Fsp3) is 0.120. The van der Waals surface area contributed by atoms with Crippen LogP contribution in [0.5, 0.6) is 0 Å². The first-order valence-corrected chi connectivity index (χ1v) is 11.0. The van der Waals surface area contributed by atoms with Crippen LogP contribution in [0.15, 0.2) is 82.6 Å². The summed E-state index contributed by atoms with van der Waals surface area (Å²) in [5.74, 6) is -0.197. The van der Waals surface area contributed by atoms with Crippen molar-refractivity contribution in [3.8, 4) is 0 Å². The summed E-state index contributed by atoms with van der Waals surface area (Å²) in [4.78, 5) is 30.7. The molecule has 0 bridgehead atoms. The number of carbonyl (C=O) groups excluding carboxylic acids is 2. The molecule has 156 valence electrons. The van der Waals surface area contributed by atoms with Gasteiger partial charge in [-0.2, -0.15) is 0 Å². The number of hydrogen-bond donors (Lipinski definition) is 0. The van der Waals surface area contributed by atoms with E-state index >= 15 is 0 Å². The predicted molar refractivity (Wildman–Crippen MR) is 127 cm³/mol. The number of carbonyl (C=O) groups is 2. The van der Waals surface area contributed by atoms with Gasteiger partial charge in [-0.3, -0.25) is 9.59 Å². The second kappa shape index (κ2) is 9.00. The van der Waals surface area contributed by atoms with Crippen molar-refractivity contribution in [3.05, 3.63) is 99.4 Å². The summed E-state index contributed by atoms with van der Waals surface area (Å²) in [6, 6.07) is 22.7. The standard InChI is InChI=1S/C25H21ClN2O2S/c1-27(16-17-7-4-3-5-8-17)24(29)19-11-12-22-21(15-19)28(2)25(30)23(31-22)14-18-9-6-10-20(26)13-18/h3-15H,16H2,1-2H3. The Labute approximate surface area is 191 Å². The SMILES string of the molecule is CN(Cc1ccccc1)C(=O)c1ccc2c(c1)N(C)C(=O)C(=Cc1cccc(Cl)c1)S2. The van der Waals surface area contributed by atoms with Crippen molar-refractivity contribution in [1.29, 1.82) is 0 Å². The van der Waals surface area contributed by atoms with Gasteiger partial charge in [-0.25, -0.2) is 0 Å². The monoisotopic (exact) mass is 448 g/mol. The Balaban J connectivity index is 1.58. The molecule has 1 heterocycles. The molecular formula is C25H21ClN2O2S. The number of thioether (sulfide) groups is 1. The van der Waals surface area contributed by atoms with Gasteiger partial charge < -0.3 is 9.80 Å². The van der Waals surface area contributed by atoms with Crippen LogP contribution in [0.4, 0.5) is 5.69 Å². The normalized spacial score (nSPS) is 14.5. The molecule has 0 aromatic heterocycles. The zero-order chi connectivity index (χ0) is 22.0. The number of anilines is 1. The molecule has 6 heteroatoms. The van der Waals surface area contributed by atoms with Gasteiger partial charge in [0, 0.05) is 36.1 Å². The number of amides is 2. The Morgan fingerprint density at radius 1 is 1.06 bits per heavy atom. The predicted octanol–water partition coefficient (Wildman–Crippen LogP) is 5.72. The lowest BCUT2D eigenvalue weighted by molar-refractivity contribution is -0.114. The Morgan fingerprint density at radius 2 is 1.84 bits per heavy atom. The molecular weight excluding hydrogens is 428 g/mol. The van der Waals surface area contributed by atoms with Gasteiger partial charge in [-0.15, -0.1) is 0 Å². The molecule has 31 heavy (non-hydrogen) atoms. The molecule has 0 aliphatic carbocycles. The second-order valence-electron chi connectivity index (χ2n) is 7.36. The van der Waals surface area contributed by atoms with Crippen molar-refractivity contribution < 1.29 is 9.59 Å². The number of benzene rings is 3. The van der Waals surface area contributed by atoms with E-state index in [1.165, 1.54) is 11.8 Å². The number of likely N-dealkylation sites (N-methyl/N-ethyl adjacent to an activating group) is 1. The van der Waals surface area contributed by atoms with Crippen molar-refractivity contribution in [2.75, 3.05) is 19.0 Å². The van der Waals surface area contributed by atoms with Gasteiger partial charge in [0.1, 0.15) is 0 Å². The third-order valence-electron chi connectivity index (χ3n) is 5.06. The van der Waals surface area contributed by atoms with Gasteiger partial charge in [0.25, 0.3) is 11.8 Å². The Bertz CT molecular complexity index is 1180. The smallest absolute Gasteiger partial charge is 0.264 e. The van der Waals surface area contributed by atoms with E-state index in [-0.39, 0.29) is 11.8 Å². The first-order chi connectivity index (χ1) is 14.9. The van der Waals surface area contributed by atoms with Gasteiger partial charge in [0.05, 0.1) is 10.6 Å². The van der Waals surface area contributed by atoms with E-state index in [0.717, 1.165) is 21.7 Å². The van der Waals surface area contributed by atoms with Gasteiger partial charge in [0.15, 0.2) is 0 Å². The van der Waals surface area contributed by atoms with Crippen LogP contribution in [0.1, 0.15) is 21.5 Å². The lowest BCUT2D eigenvalue weighted by Gasteiger charge is -2.28. The third-order valence-corrected chi connectivity index (χ3v) is 6.37. The van der Waals surface area contributed by atoms with Crippen LogP contribution in [0.3, 0.4) is 0 Å². The van der Waals surface area contributed by atoms with Crippen LogP contribution in [0.25, 0.3) is 6.08 Å². The summed E-state index contributed by atoms with van der Waals surface area (Å²) in [6.07, 6.45) is 1.84. The molecule has 0 saturated heterocycles. The Kier molecular flexibility index (Phi) is 6.16. The van der Waals surface area contributed by atoms with Crippen molar-refractivity contribution in [2.24, 2.45) is 0 Å². The average molecular weight is 449 g/mol. The molecule has 4 nitrogen and oxygen atoms in total. The summed E-state index contributed by atoms with van der Waals surface area (Å²) < 4.78 is 0. The Hall–Kier alpha value is -3.02. The number of halogens is 1. The molecule has 3 aromatic carbocycles. The van der Waals surface area contributed by atoms with Crippen LogP contribution < -0.4 is 4.90 Å². The van der Waals surface area contributed by atoms with Crippen LogP contribution in [0.2, 0.25) is 5.02 Å². The minimum atomic E-state index is -0.111. The molecule has 0 unspecified atom stereocenters. The first-order valence-electron chi connectivity index (χ1n) is 9.79. The highest BCUT2D eigenvalue weighted by Crippen LogP contribution is 2.42. The zero-order valence-electron chi connectivity index (χ0n) is 17.2. The van der Waals surface area contributed by atoms with Gasteiger partial charge >= 0.3 is 0 Å². The maximum Gasteiger partial charge on any atom is 0.264 e. The largest absolute Gasteiger partial charge is 0.337 e. The van der Waals surface area contributed by atoms with Crippen molar-refractivity contribution in [1.82, 2.24) is 4.90 Å². The topological polar surface area (TPSA) is 40.6 Å². The molecule has 1 aliphatic rings. The lowest BCUT2D eigenvalue weighted by atomic mass is 10.1. The van der Waals surface area contributed by atoms with E-state index in [1.54, 1.807) is 36.0 Å². The fourth-order valence-electron chi connectivity index (χ4n) is 3.42. The number of nitrogens with zero attached hydrogens (tertiary/aromatic N) is 2. The van der Waals surface area contributed by atoms with E-state index in [1.807, 2.05) is 66.7 Å². The van der Waals surface area contributed by atoms with Crippen molar-refractivity contribution >= 4 is 46.9 Å². The highest BCUT2D eigenvalue weighted by Gasteiger charge is 2.27. The summed E-state index contributed by atoms with van der Waals surface area (Å²) >= 11 is 7.47. The van der Waals surface area contributed by atoms with Crippen molar-refractivity contribution in [3.63, 3.8) is 0 Å². The Morgan fingerprint density at radius 3 is 2.58 bits per heavy atom. The van der Waals surface area contributed by atoms with Crippen LogP contribution in [-0.2, 0) is 11.3 Å². The van der Waals surface area contributed by atoms with Gasteiger partial charge in [0.2, 0.25) is 0 Å². The van der Waals surface area contributed by atoms with E-state index in [9.17, 15) is 9.59 Å². The van der Waals surface area contributed by atoms with E-state index in [4.69, 9.17) is 11.6 Å². The third kappa shape index (κ3) is 4.68. The van der Waals surface area contributed by atoms with Gasteiger partial charge in [-0.1, -0.05) is 65.8 Å². The molecule has 0 radical (unpaired) electrons. The first kappa shape index (κ1) is 21.2. The van der Waals surface area contributed by atoms with E-state index < -0.39 is 0 Å². The minimum absolute atomic E-state index is 0.0854. The second-order valence-corrected chi connectivity index (χ2v) is 8.88. The van der Waals surface area contributed by atoms with Crippen LogP contribution in [0, 0.1) is 0 Å². The molecule has 3 aromatic rings. The molecule has 2 amide bonds.